The van der Waals surface area contributed by atoms with Crippen LogP contribution in [0.15, 0.2) is 0 Å². The van der Waals surface area contributed by atoms with Crippen molar-refractivity contribution in [3.8, 4) is 0 Å². The molecule has 0 aromatic heterocycles. The average molecular weight is 181 g/mol. The van der Waals surface area contributed by atoms with E-state index in [0.29, 0.717) is 11.8 Å². The second kappa shape index (κ2) is 3.13. The van der Waals surface area contributed by atoms with Gasteiger partial charge in [0.25, 0.3) is 0 Å². The van der Waals surface area contributed by atoms with Crippen molar-refractivity contribution >= 4 is 12.2 Å². The molecule has 2 saturated carbocycles. The number of fused-ring (bicyclic) bond motifs is 2. The monoisotopic (exact) mass is 181 g/mol. The second-order valence-corrected chi connectivity index (χ2v) is 4.19. The summed E-state index contributed by atoms with van der Waals surface area (Å²) in [5.41, 5.74) is 0. The summed E-state index contributed by atoms with van der Waals surface area (Å²) in [5.74, 6) is 0.995. The summed E-state index contributed by atoms with van der Waals surface area (Å²) in [4.78, 5) is 22.4. The van der Waals surface area contributed by atoms with E-state index in [1.54, 1.807) is 7.05 Å². The summed E-state index contributed by atoms with van der Waals surface area (Å²) in [6.45, 7) is 0. The molecule has 2 fully saturated rings. The highest BCUT2D eigenvalue weighted by Crippen LogP contribution is 2.51. The van der Waals surface area contributed by atoms with Gasteiger partial charge in [-0.1, -0.05) is 0 Å². The van der Waals surface area contributed by atoms with Crippen molar-refractivity contribution in [3.63, 3.8) is 0 Å². The van der Waals surface area contributed by atoms with Crippen LogP contribution in [0.2, 0.25) is 0 Å². The molecule has 0 spiro atoms. The quantitative estimate of drug-likeness (QED) is 0.634. The number of hydrogen-bond donors (Lipinski definition) is 1. The fraction of sp³-hybridized carbons (Fsp3) is 0.800. The molecule has 1 amide bonds. The molecule has 0 radical (unpaired) electrons. The highest BCUT2D eigenvalue weighted by molar-refractivity contribution is 5.82. The van der Waals surface area contributed by atoms with E-state index in [2.05, 4.69) is 5.32 Å². The first-order valence-corrected chi connectivity index (χ1v) is 4.94. The molecular weight excluding hydrogens is 166 g/mol. The average Bonchev–Trinajstić information content (AvgIpc) is 2.74. The summed E-state index contributed by atoms with van der Waals surface area (Å²) in [7, 11) is 1.65. The molecule has 1 N–H and O–H groups in total. The normalized spacial score (nSPS) is 41.9. The summed E-state index contributed by atoms with van der Waals surface area (Å²) in [5, 5.41) is 2.66. The standard InChI is InChI=1S/C10H15NO2/c1-11-10(13)9-7-3-2-6(4-7)8(9)5-12/h5-9H,2-4H2,1H3,(H,11,13). The van der Waals surface area contributed by atoms with Crippen molar-refractivity contribution in [1.82, 2.24) is 5.32 Å². The lowest BCUT2D eigenvalue weighted by molar-refractivity contribution is -0.131. The molecule has 0 aliphatic heterocycles. The van der Waals surface area contributed by atoms with Gasteiger partial charge in [-0.05, 0) is 31.1 Å². The lowest BCUT2D eigenvalue weighted by atomic mass is 9.79. The van der Waals surface area contributed by atoms with Crippen LogP contribution in [0.25, 0.3) is 0 Å². The number of amides is 1. The first-order valence-electron chi connectivity index (χ1n) is 4.94. The Morgan fingerprint density at radius 1 is 1.38 bits per heavy atom. The first-order chi connectivity index (χ1) is 6.27. The van der Waals surface area contributed by atoms with Crippen LogP contribution in [0.5, 0.6) is 0 Å². The lowest BCUT2D eigenvalue weighted by Gasteiger charge is -2.25. The van der Waals surface area contributed by atoms with Gasteiger partial charge in [0.05, 0.1) is 5.92 Å². The summed E-state index contributed by atoms with van der Waals surface area (Å²) < 4.78 is 0. The van der Waals surface area contributed by atoms with Gasteiger partial charge in [0.15, 0.2) is 0 Å². The minimum atomic E-state index is -0.0266. The number of hydrogen-bond acceptors (Lipinski definition) is 2. The molecule has 2 rings (SSSR count). The summed E-state index contributed by atoms with van der Waals surface area (Å²) in [6.07, 6.45) is 4.35. The van der Waals surface area contributed by atoms with Crippen LogP contribution < -0.4 is 5.32 Å². The van der Waals surface area contributed by atoms with E-state index in [9.17, 15) is 9.59 Å². The zero-order chi connectivity index (χ0) is 9.42. The van der Waals surface area contributed by atoms with E-state index in [1.807, 2.05) is 0 Å². The van der Waals surface area contributed by atoms with Crippen molar-refractivity contribution in [2.45, 2.75) is 19.3 Å². The highest BCUT2D eigenvalue weighted by atomic mass is 16.2. The zero-order valence-electron chi connectivity index (χ0n) is 7.82. The molecule has 3 heteroatoms. The molecule has 0 heterocycles. The minimum absolute atomic E-state index is 0.00120. The Morgan fingerprint density at radius 3 is 2.69 bits per heavy atom. The Labute approximate surface area is 77.9 Å². The molecule has 72 valence electrons. The summed E-state index contributed by atoms with van der Waals surface area (Å²) >= 11 is 0. The predicted octanol–water partition coefficient (Wildman–Crippen LogP) is 0.594. The van der Waals surface area contributed by atoms with Gasteiger partial charge in [-0.15, -0.1) is 0 Å². The van der Waals surface area contributed by atoms with E-state index < -0.39 is 0 Å². The Kier molecular flexibility index (Phi) is 2.10. The number of carbonyl (C=O) groups excluding carboxylic acids is 2. The van der Waals surface area contributed by atoms with Crippen LogP contribution in [0.4, 0.5) is 0 Å². The van der Waals surface area contributed by atoms with Crippen LogP contribution in [-0.4, -0.2) is 19.2 Å². The van der Waals surface area contributed by atoms with Gasteiger partial charge in [-0.25, -0.2) is 0 Å². The SMILES string of the molecule is CNC(=O)C1C2CCC(C2)C1C=O. The molecular formula is C10H15NO2. The van der Waals surface area contributed by atoms with Crippen molar-refractivity contribution < 1.29 is 9.59 Å². The van der Waals surface area contributed by atoms with E-state index in [-0.39, 0.29) is 17.7 Å². The number of nitrogens with one attached hydrogen (secondary N) is 1. The van der Waals surface area contributed by atoms with Crippen LogP contribution >= 0.6 is 0 Å². The molecule has 0 aromatic rings. The van der Waals surface area contributed by atoms with Gasteiger partial charge < -0.3 is 10.1 Å². The van der Waals surface area contributed by atoms with Gasteiger partial charge in [0, 0.05) is 13.0 Å². The highest BCUT2D eigenvalue weighted by Gasteiger charge is 2.50. The maximum atomic E-state index is 11.5. The molecule has 3 nitrogen and oxygen atoms in total. The topological polar surface area (TPSA) is 46.2 Å². The van der Waals surface area contributed by atoms with Crippen molar-refractivity contribution in [3.05, 3.63) is 0 Å². The predicted molar refractivity (Wildman–Crippen MR) is 47.9 cm³/mol. The van der Waals surface area contributed by atoms with Gasteiger partial charge >= 0.3 is 0 Å². The fourth-order valence-corrected chi connectivity index (χ4v) is 3.09. The van der Waals surface area contributed by atoms with Crippen molar-refractivity contribution in [2.24, 2.45) is 23.7 Å². The Bertz CT molecular complexity index is 239. The van der Waals surface area contributed by atoms with Crippen LogP contribution in [0.1, 0.15) is 19.3 Å². The first kappa shape index (κ1) is 8.73. The molecule has 2 aliphatic rings. The van der Waals surface area contributed by atoms with E-state index >= 15 is 0 Å². The van der Waals surface area contributed by atoms with Crippen molar-refractivity contribution in [2.75, 3.05) is 7.05 Å². The maximum Gasteiger partial charge on any atom is 0.223 e. The van der Waals surface area contributed by atoms with E-state index in [0.717, 1.165) is 25.5 Å². The summed E-state index contributed by atoms with van der Waals surface area (Å²) in [6, 6.07) is 0. The van der Waals surface area contributed by atoms with E-state index in [1.165, 1.54) is 0 Å². The third-order valence-electron chi connectivity index (χ3n) is 3.69. The van der Waals surface area contributed by atoms with Crippen LogP contribution in [0, 0.1) is 23.7 Å². The Balaban J connectivity index is 2.17. The molecule has 0 saturated heterocycles. The molecule has 13 heavy (non-hydrogen) atoms. The van der Waals surface area contributed by atoms with Gasteiger partial charge in [0.1, 0.15) is 6.29 Å². The molecule has 0 aromatic carbocycles. The van der Waals surface area contributed by atoms with Crippen molar-refractivity contribution in [1.29, 1.82) is 0 Å². The second-order valence-electron chi connectivity index (χ2n) is 4.19. The van der Waals surface area contributed by atoms with Crippen LogP contribution in [0.3, 0.4) is 0 Å². The van der Waals surface area contributed by atoms with Gasteiger partial charge in [0.2, 0.25) is 5.91 Å². The smallest absolute Gasteiger partial charge is 0.223 e. The minimum Gasteiger partial charge on any atom is -0.359 e. The van der Waals surface area contributed by atoms with Crippen LogP contribution in [-0.2, 0) is 9.59 Å². The zero-order valence-corrected chi connectivity index (χ0v) is 7.82. The Hall–Kier alpha value is -0.860. The molecule has 4 atom stereocenters. The maximum absolute atomic E-state index is 11.5. The lowest BCUT2D eigenvalue weighted by Crippen LogP contribution is -2.37. The van der Waals surface area contributed by atoms with E-state index in [4.69, 9.17) is 0 Å². The molecule has 4 unspecified atom stereocenters. The van der Waals surface area contributed by atoms with Gasteiger partial charge in [-0.3, -0.25) is 4.79 Å². The van der Waals surface area contributed by atoms with Gasteiger partial charge in [-0.2, -0.15) is 0 Å². The number of aldehydes is 1. The number of carbonyl (C=O) groups is 2. The third-order valence-corrected chi connectivity index (χ3v) is 3.69. The third kappa shape index (κ3) is 1.18. The fourth-order valence-electron chi connectivity index (χ4n) is 3.09. The largest absolute Gasteiger partial charge is 0.359 e. The Morgan fingerprint density at radius 2 is 2.08 bits per heavy atom. The molecule has 2 aliphatic carbocycles. The molecule has 2 bridgehead atoms. The number of rotatable bonds is 2.